The van der Waals surface area contributed by atoms with Gasteiger partial charge in [-0.1, -0.05) is 35.0 Å². The summed E-state index contributed by atoms with van der Waals surface area (Å²) in [4.78, 5) is 22.9. The largest absolute Gasteiger partial charge is 0.369 e. The molecule has 1 aliphatic heterocycles. The van der Waals surface area contributed by atoms with Crippen LogP contribution in [-0.4, -0.2) is 53.3 Å². The van der Waals surface area contributed by atoms with E-state index in [1.807, 2.05) is 12.1 Å². The highest BCUT2D eigenvalue weighted by atomic mass is 35.5. The van der Waals surface area contributed by atoms with Crippen molar-refractivity contribution in [3.63, 3.8) is 0 Å². The van der Waals surface area contributed by atoms with Crippen molar-refractivity contribution in [3.05, 3.63) is 50.9 Å². The lowest BCUT2D eigenvalue weighted by Crippen LogP contribution is -2.46. The van der Waals surface area contributed by atoms with Crippen molar-refractivity contribution < 1.29 is 0 Å². The number of rotatable bonds is 6. The number of hydrogen-bond acceptors (Lipinski definition) is 5. The van der Waals surface area contributed by atoms with Gasteiger partial charge in [0.25, 0.3) is 5.56 Å². The summed E-state index contributed by atoms with van der Waals surface area (Å²) in [6.07, 6.45) is 2.61. The van der Waals surface area contributed by atoms with E-state index in [0.29, 0.717) is 15.2 Å². The molecule has 1 aromatic heterocycles. The highest BCUT2D eigenvalue weighted by Gasteiger charge is 2.17. The second-order valence-electron chi connectivity index (χ2n) is 5.90. The van der Waals surface area contributed by atoms with E-state index in [-0.39, 0.29) is 5.56 Å². The van der Waals surface area contributed by atoms with Gasteiger partial charge in [-0.25, -0.2) is 4.98 Å². The van der Waals surface area contributed by atoms with Gasteiger partial charge in [0.15, 0.2) is 5.16 Å². The summed E-state index contributed by atoms with van der Waals surface area (Å²) in [5.74, 6) is 0.942. The minimum absolute atomic E-state index is 0.102. The number of anilines is 1. The van der Waals surface area contributed by atoms with Crippen molar-refractivity contribution in [3.8, 4) is 0 Å². The Labute approximate surface area is 161 Å². The van der Waals surface area contributed by atoms with Crippen molar-refractivity contribution in [1.29, 1.82) is 0 Å². The molecule has 1 aromatic carbocycles. The van der Waals surface area contributed by atoms with E-state index in [9.17, 15) is 4.79 Å². The molecule has 25 heavy (non-hydrogen) atoms. The van der Waals surface area contributed by atoms with E-state index >= 15 is 0 Å². The van der Waals surface area contributed by atoms with Crippen LogP contribution in [0.5, 0.6) is 0 Å². The van der Waals surface area contributed by atoms with Crippen molar-refractivity contribution in [2.45, 2.75) is 11.6 Å². The monoisotopic (exact) mass is 398 g/mol. The third kappa shape index (κ3) is 5.64. The van der Waals surface area contributed by atoms with Crippen LogP contribution in [0.4, 0.5) is 5.69 Å². The molecule has 1 saturated heterocycles. The minimum Gasteiger partial charge on any atom is -0.369 e. The topological polar surface area (TPSA) is 52.2 Å². The van der Waals surface area contributed by atoms with Gasteiger partial charge >= 0.3 is 0 Å². The van der Waals surface area contributed by atoms with Crippen LogP contribution in [-0.2, 0) is 0 Å². The summed E-state index contributed by atoms with van der Waals surface area (Å²) in [6, 6.07) is 7.12. The van der Waals surface area contributed by atoms with Crippen LogP contribution < -0.4 is 10.5 Å². The average Bonchev–Trinajstić information content (AvgIpc) is 2.58. The standard InChI is InChI=1S/C17H20Cl2N4OS/c18-13-10-14(19)12-15(11-13)23-7-5-22(6-8-23)4-1-9-25-17-20-3-2-16(24)21-17/h2-3,10-12H,1,4-9H2,(H,20,21,24). The van der Waals surface area contributed by atoms with Gasteiger partial charge in [-0.2, -0.15) is 0 Å². The molecular weight excluding hydrogens is 379 g/mol. The molecule has 0 bridgehead atoms. The van der Waals surface area contributed by atoms with Gasteiger partial charge in [0.2, 0.25) is 0 Å². The molecule has 134 valence electrons. The van der Waals surface area contributed by atoms with E-state index in [1.165, 1.54) is 6.07 Å². The summed E-state index contributed by atoms with van der Waals surface area (Å²) >= 11 is 13.8. The number of aromatic amines is 1. The van der Waals surface area contributed by atoms with Gasteiger partial charge in [-0.05, 0) is 31.2 Å². The molecule has 2 heterocycles. The zero-order valence-electron chi connectivity index (χ0n) is 13.8. The van der Waals surface area contributed by atoms with Crippen LogP contribution in [0.15, 0.2) is 40.4 Å². The number of aromatic nitrogens is 2. The van der Waals surface area contributed by atoms with Crippen LogP contribution in [0.1, 0.15) is 6.42 Å². The fourth-order valence-corrected chi connectivity index (χ4v) is 4.12. The lowest BCUT2D eigenvalue weighted by Gasteiger charge is -2.36. The Hall–Kier alpha value is -1.21. The Kier molecular flexibility index (Phi) is 6.64. The van der Waals surface area contributed by atoms with E-state index < -0.39 is 0 Å². The Morgan fingerprint density at radius 1 is 1.12 bits per heavy atom. The quantitative estimate of drug-likeness (QED) is 0.459. The van der Waals surface area contributed by atoms with Crippen molar-refractivity contribution >= 4 is 40.7 Å². The number of nitrogens with zero attached hydrogens (tertiary/aromatic N) is 3. The number of H-pyrrole nitrogens is 1. The molecule has 0 unspecified atom stereocenters. The fourth-order valence-electron chi connectivity index (χ4n) is 2.83. The highest BCUT2D eigenvalue weighted by Crippen LogP contribution is 2.26. The lowest BCUT2D eigenvalue weighted by molar-refractivity contribution is 0.259. The van der Waals surface area contributed by atoms with Crippen molar-refractivity contribution in [1.82, 2.24) is 14.9 Å². The third-order valence-corrected chi connectivity index (χ3v) is 5.50. The molecule has 3 rings (SSSR count). The molecule has 1 N–H and O–H groups in total. The van der Waals surface area contributed by atoms with Crippen LogP contribution in [0.2, 0.25) is 10.0 Å². The maximum Gasteiger partial charge on any atom is 0.251 e. The molecule has 1 fully saturated rings. The number of piperazine rings is 1. The summed E-state index contributed by atoms with van der Waals surface area (Å²) in [5, 5.41) is 2.04. The van der Waals surface area contributed by atoms with E-state index in [2.05, 4.69) is 19.8 Å². The summed E-state index contributed by atoms with van der Waals surface area (Å²) in [7, 11) is 0. The summed E-state index contributed by atoms with van der Waals surface area (Å²) in [6.45, 7) is 5.04. The predicted octanol–water partition coefficient (Wildman–Crippen LogP) is 3.38. The molecule has 1 aliphatic rings. The number of hydrogen-bond donors (Lipinski definition) is 1. The molecule has 2 aromatic rings. The van der Waals surface area contributed by atoms with E-state index in [0.717, 1.165) is 50.6 Å². The molecule has 0 radical (unpaired) electrons. The van der Waals surface area contributed by atoms with Crippen molar-refractivity contribution in [2.24, 2.45) is 0 Å². The second kappa shape index (κ2) is 8.94. The molecule has 8 heteroatoms. The number of nitrogens with one attached hydrogen (secondary N) is 1. The fraction of sp³-hybridized carbons (Fsp3) is 0.412. The first kappa shape index (κ1) is 18.6. The zero-order valence-corrected chi connectivity index (χ0v) is 16.1. The van der Waals surface area contributed by atoms with E-state index in [1.54, 1.807) is 24.0 Å². The maximum atomic E-state index is 11.2. The lowest BCUT2D eigenvalue weighted by atomic mass is 10.2. The van der Waals surface area contributed by atoms with Gasteiger partial charge in [-0.3, -0.25) is 9.69 Å². The maximum absolute atomic E-state index is 11.2. The third-order valence-electron chi connectivity index (χ3n) is 4.09. The summed E-state index contributed by atoms with van der Waals surface area (Å²) in [5.41, 5.74) is 0.988. The summed E-state index contributed by atoms with van der Waals surface area (Å²) < 4.78 is 0. The predicted molar refractivity (Wildman–Crippen MR) is 105 cm³/mol. The van der Waals surface area contributed by atoms with Gasteiger partial charge in [-0.15, -0.1) is 0 Å². The van der Waals surface area contributed by atoms with Gasteiger partial charge in [0.05, 0.1) is 0 Å². The van der Waals surface area contributed by atoms with Crippen LogP contribution in [0, 0.1) is 0 Å². The van der Waals surface area contributed by atoms with E-state index in [4.69, 9.17) is 23.2 Å². The molecule has 0 amide bonds. The first-order valence-electron chi connectivity index (χ1n) is 8.22. The molecule has 5 nitrogen and oxygen atoms in total. The second-order valence-corrected chi connectivity index (χ2v) is 7.85. The highest BCUT2D eigenvalue weighted by molar-refractivity contribution is 7.99. The smallest absolute Gasteiger partial charge is 0.251 e. The minimum atomic E-state index is -0.102. The Balaban J connectivity index is 1.40. The SMILES string of the molecule is O=c1ccnc(SCCCN2CCN(c3cc(Cl)cc(Cl)c3)CC2)[nH]1. The number of halogens is 2. The Morgan fingerprint density at radius 3 is 2.52 bits per heavy atom. The van der Waals surface area contributed by atoms with Gasteiger partial charge < -0.3 is 9.88 Å². The Bertz CT molecular complexity index is 742. The average molecular weight is 399 g/mol. The first-order valence-corrected chi connectivity index (χ1v) is 9.96. The normalized spacial score (nSPS) is 15.5. The number of thioether (sulfide) groups is 1. The first-order chi connectivity index (χ1) is 12.1. The molecule has 0 atom stereocenters. The zero-order chi connectivity index (χ0) is 17.6. The molecule has 0 spiro atoms. The van der Waals surface area contributed by atoms with Crippen LogP contribution >= 0.6 is 35.0 Å². The van der Waals surface area contributed by atoms with Gasteiger partial charge in [0, 0.05) is 59.9 Å². The Morgan fingerprint density at radius 2 is 1.84 bits per heavy atom. The van der Waals surface area contributed by atoms with Gasteiger partial charge in [0.1, 0.15) is 0 Å². The number of benzene rings is 1. The van der Waals surface area contributed by atoms with Crippen LogP contribution in [0.3, 0.4) is 0 Å². The van der Waals surface area contributed by atoms with Crippen LogP contribution in [0.25, 0.3) is 0 Å². The molecule has 0 aliphatic carbocycles. The molecular formula is C17H20Cl2N4OS. The van der Waals surface area contributed by atoms with Crippen molar-refractivity contribution in [2.75, 3.05) is 43.4 Å². The molecule has 0 saturated carbocycles.